The maximum Gasteiger partial charge on any atom is 0.409 e. The molecular formula is C10H20N2O2. The van der Waals surface area contributed by atoms with E-state index in [4.69, 9.17) is 10.5 Å². The van der Waals surface area contributed by atoms with E-state index in [-0.39, 0.29) is 18.2 Å². The molecule has 0 aliphatic heterocycles. The average molecular weight is 200 g/mol. The van der Waals surface area contributed by atoms with E-state index in [1.165, 1.54) is 6.42 Å². The summed E-state index contributed by atoms with van der Waals surface area (Å²) in [5.41, 5.74) is 5.96. The maximum absolute atomic E-state index is 11.4. The fourth-order valence-electron chi connectivity index (χ4n) is 1.98. The first-order chi connectivity index (χ1) is 6.66. The van der Waals surface area contributed by atoms with Crippen molar-refractivity contribution in [1.82, 2.24) is 4.90 Å². The van der Waals surface area contributed by atoms with Gasteiger partial charge in [-0.15, -0.1) is 0 Å². The number of nitrogens with zero attached hydrogens (tertiary/aromatic N) is 1. The summed E-state index contributed by atoms with van der Waals surface area (Å²) >= 11 is 0. The van der Waals surface area contributed by atoms with Crippen LogP contribution in [0.15, 0.2) is 0 Å². The maximum atomic E-state index is 11.4. The molecule has 0 aromatic heterocycles. The molecule has 2 unspecified atom stereocenters. The van der Waals surface area contributed by atoms with Crippen molar-refractivity contribution in [2.24, 2.45) is 5.73 Å². The van der Waals surface area contributed by atoms with Gasteiger partial charge >= 0.3 is 6.09 Å². The zero-order valence-electron chi connectivity index (χ0n) is 9.03. The minimum absolute atomic E-state index is 0.109. The third kappa shape index (κ3) is 2.61. The van der Waals surface area contributed by atoms with Gasteiger partial charge in [0.2, 0.25) is 0 Å². The van der Waals surface area contributed by atoms with Crippen LogP contribution < -0.4 is 5.73 Å². The second kappa shape index (κ2) is 5.20. The molecule has 0 radical (unpaired) electrons. The fraction of sp³-hybridized carbons (Fsp3) is 0.900. The Balaban J connectivity index is 2.48. The molecule has 1 aliphatic rings. The first-order valence-corrected chi connectivity index (χ1v) is 5.32. The zero-order valence-corrected chi connectivity index (χ0v) is 9.03. The Morgan fingerprint density at radius 3 is 2.71 bits per heavy atom. The summed E-state index contributed by atoms with van der Waals surface area (Å²) in [4.78, 5) is 13.1. The van der Waals surface area contributed by atoms with E-state index in [2.05, 4.69) is 0 Å². The predicted molar refractivity (Wildman–Crippen MR) is 55.0 cm³/mol. The molecule has 0 heterocycles. The summed E-state index contributed by atoms with van der Waals surface area (Å²) < 4.78 is 4.94. The zero-order chi connectivity index (χ0) is 10.6. The number of carbonyl (C=O) groups excluding carboxylic acids is 1. The highest BCUT2D eigenvalue weighted by Crippen LogP contribution is 2.21. The van der Waals surface area contributed by atoms with Crippen LogP contribution >= 0.6 is 0 Å². The van der Waals surface area contributed by atoms with Crippen LogP contribution in [0.4, 0.5) is 4.79 Å². The van der Waals surface area contributed by atoms with E-state index in [0.717, 1.165) is 19.3 Å². The molecule has 4 nitrogen and oxygen atoms in total. The van der Waals surface area contributed by atoms with Gasteiger partial charge in [-0.2, -0.15) is 0 Å². The van der Waals surface area contributed by atoms with Gasteiger partial charge in [0.1, 0.15) is 0 Å². The van der Waals surface area contributed by atoms with Crippen LogP contribution in [0.5, 0.6) is 0 Å². The van der Waals surface area contributed by atoms with Gasteiger partial charge in [-0.05, 0) is 19.8 Å². The number of hydrogen-bond acceptors (Lipinski definition) is 3. The quantitative estimate of drug-likeness (QED) is 0.732. The summed E-state index contributed by atoms with van der Waals surface area (Å²) in [6.07, 6.45) is 4.08. The lowest BCUT2D eigenvalue weighted by Crippen LogP contribution is -2.50. The summed E-state index contributed by atoms with van der Waals surface area (Å²) in [5.74, 6) is 0. The lowest BCUT2D eigenvalue weighted by molar-refractivity contribution is 0.0879. The number of likely N-dealkylation sites (N-methyl/N-ethyl adjacent to an activating group) is 1. The Kier molecular flexibility index (Phi) is 4.20. The molecular weight excluding hydrogens is 180 g/mol. The number of ether oxygens (including phenoxy) is 1. The highest BCUT2D eigenvalue weighted by Gasteiger charge is 2.28. The van der Waals surface area contributed by atoms with Crippen LogP contribution in [0, 0.1) is 0 Å². The molecule has 82 valence electrons. The van der Waals surface area contributed by atoms with Crippen LogP contribution in [0.3, 0.4) is 0 Å². The van der Waals surface area contributed by atoms with Crippen LogP contribution in [0.1, 0.15) is 32.6 Å². The van der Waals surface area contributed by atoms with Crippen molar-refractivity contribution in [1.29, 1.82) is 0 Å². The molecule has 4 heteroatoms. The molecule has 0 aromatic rings. The van der Waals surface area contributed by atoms with Crippen LogP contribution in [-0.2, 0) is 4.74 Å². The smallest absolute Gasteiger partial charge is 0.409 e. The monoisotopic (exact) mass is 200 g/mol. The van der Waals surface area contributed by atoms with Crippen LogP contribution in [0.2, 0.25) is 0 Å². The summed E-state index contributed by atoms with van der Waals surface area (Å²) in [6.45, 7) is 2.23. The normalized spacial score (nSPS) is 27.1. The van der Waals surface area contributed by atoms with Crippen molar-refractivity contribution in [3.8, 4) is 0 Å². The number of nitrogens with two attached hydrogens (primary N) is 1. The van der Waals surface area contributed by atoms with E-state index in [1.807, 2.05) is 6.92 Å². The Hall–Kier alpha value is -0.770. The van der Waals surface area contributed by atoms with E-state index in [0.29, 0.717) is 6.61 Å². The molecule has 1 saturated carbocycles. The predicted octanol–water partition coefficient (Wildman–Crippen LogP) is 1.34. The molecule has 2 atom stereocenters. The summed E-state index contributed by atoms with van der Waals surface area (Å²) in [7, 11) is 1.77. The highest BCUT2D eigenvalue weighted by atomic mass is 16.6. The highest BCUT2D eigenvalue weighted by molar-refractivity contribution is 5.67. The van der Waals surface area contributed by atoms with Gasteiger partial charge in [-0.25, -0.2) is 4.79 Å². The van der Waals surface area contributed by atoms with E-state index in [9.17, 15) is 4.79 Å². The second-order valence-corrected chi connectivity index (χ2v) is 3.83. The van der Waals surface area contributed by atoms with Gasteiger partial charge in [-0.3, -0.25) is 0 Å². The lowest BCUT2D eigenvalue weighted by Gasteiger charge is -2.35. The molecule has 1 aliphatic carbocycles. The van der Waals surface area contributed by atoms with Crippen molar-refractivity contribution < 1.29 is 9.53 Å². The molecule has 2 N–H and O–H groups in total. The van der Waals surface area contributed by atoms with Gasteiger partial charge in [0.15, 0.2) is 0 Å². The molecule has 1 fully saturated rings. The van der Waals surface area contributed by atoms with E-state index in [1.54, 1.807) is 11.9 Å². The first-order valence-electron chi connectivity index (χ1n) is 5.32. The molecule has 1 amide bonds. The second-order valence-electron chi connectivity index (χ2n) is 3.83. The number of carbonyl (C=O) groups is 1. The molecule has 0 aromatic carbocycles. The SMILES string of the molecule is CCOC(=O)N(C)C1CCCCC1N. The van der Waals surface area contributed by atoms with E-state index >= 15 is 0 Å². The molecule has 0 spiro atoms. The lowest BCUT2D eigenvalue weighted by atomic mass is 9.90. The number of hydrogen-bond donors (Lipinski definition) is 1. The Morgan fingerprint density at radius 1 is 1.50 bits per heavy atom. The topological polar surface area (TPSA) is 55.6 Å². The van der Waals surface area contributed by atoms with Crippen LogP contribution in [-0.4, -0.2) is 36.7 Å². The largest absolute Gasteiger partial charge is 0.450 e. The van der Waals surface area contributed by atoms with Crippen molar-refractivity contribution in [3.05, 3.63) is 0 Å². The van der Waals surface area contributed by atoms with Gasteiger partial charge in [0.25, 0.3) is 0 Å². The minimum atomic E-state index is -0.255. The van der Waals surface area contributed by atoms with Crippen molar-refractivity contribution in [3.63, 3.8) is 0 Å². The Bertz CT molecular complexity index is 197. The summed E-state index contributed by atoms with van der Waals surface area (Å²) in [6, 6.07) is 0.265. The third-order valence-electron chi connectivity index (χ3n) is 2.83. The average Bonchev–Trinajstić information content (AvgIpc) is 2.18. The van der Waals surface area contributed by atoms with Gasteiger partial charge in [0, 0.05) is 19.1 Å². The Morgan fingerprint density at radius 2 is 2.14 bits per heavy atom. The van der Waals surface area contributed by atoms with Crippen molar-refractivity contribution in [2.75, 3.05) is 13.7 Å². The summed E-state index contributed by atoms with van der Waals surface area (Å²) in [5, 5.41) is 0. The first kappa shape index (κ1) is 11.3. The molecule has 14 heavy (non-hydrogen) atoms. The van der Waals surface area contributed by atoms with Crippen LogP contribution in [0.25, 0.3) is 0 Å². The molecule has 1 rings (SSSR count). The molecule has 0 saturated heterocycles. The minimum Gasteiger partial charge on any atom is -0.450 e. The third-order valence-corrected chi connectivity index (χ3v) is 2.83. The fourth-order valence-corrected chi connectivity index (χ4v) is 1.98. The van der Waals surface area contributed by atoms with Crippen molar-refractivity contribution >= 4 is 6.09 Å². The van der Waals surface area contributed by atoms with Gasteiger partial charge in [0.05, 0.1) is 6.61 Å². The standard InChI is InChI=1S/C10H20N2O2/c1-3-14-10(13)12(2)9-7-5-4-6-8(9)11/h8-9H,3-7,11H2,1-2H3. The number of amides is 1. The van der Waals surface area contributed by atoms with Gasteiger partial charge in [-0.1, -0.05) is 12.8 Å². The van der Waals surface area contributed by atoms with E-state index < -0.39 is 0 Å². The Labute approximate surface area is 85.4 Å². The molecule has 0 bridgehead atoms. The van der Waals surface area contributed by atoms with Crippen molar-refractivity contribution in [2.45, 2.75) is 44.7 Å². The number of rotatable bonds is 2. The van der Waals surface area contributed by atoms with Gasteiger partial charge < -0.3 is 15.4 Å².